The summed E-state index contributed by atoms with van der Waals surface area (Å²) in [7, 11) is 0. The molecule has 0 aromatic heterocycles. The van der Waals surface area contributed by atoms with Crippen molar-refractivity contribution in [3.63, 3.8) is 0 Å². The average molecular weight is 315 g/mol. The first kappa shape index (κ1) is 16.1. The van der Waals surface area contributed by atoms with Gasteiger partial charge >= 0.3 is 0 Å². The zero-order valence-corrected chi connectivity index (χ0v) is 14.0. The number of piperidine rings is 1. The summed E-state index contributed by atoms with van der Waals surface area (Å²) < 4.78 is 0. The minimum absolute atomic E-state index is 0.331. The lowest BCUT2D eigenvalue weighted by Gasteiger charge is -2.42. The van der Waals surface area contributed by atoms with Gasteiger partial charge in [0.15, 0.2) is 0 Å². The van der Waals surface area contributed by atoms with Crippen molar-refractivity contribution in [1.29, 1.82) is 0 Å². The molecule has 0 saturated carbocycles. The summed E-state index contributed by atoms with van der Waals surface area (Å²) in [5.41, 5.74) is 1.17. The summed E-state index contributed by atoms with van der Waals surface area (Å²) in [5.74, 6) is 0. The zero-order chi connectivity index (χ0) is 14.7. The third-order valence-electron chi connectivity index (χ3n) is 4.33. The molecule has 1 saturated heterocycles. The second-order valence-electron chi connectivity index (χ2n) is 5.71. The van der Waals surface area contributed by atoms with Gasteiger partial charge in [0.1, 0.15) is 0 Å². The molecule has 3 unspecified atom stereocenters. The Morgan fingerprint density at radius 2 is 2.15 bits per heavy atom. The van der Waals surface area contributed by atoms with Crippen LogP contribution in [-0.4, -0.2) is 30.1 Å². The van der Waals surface area contributed by atoms with Gasteiger partial charge in [-0.15, -0.1) is 0 Å². The molecule has 0 bridgehead atoms. The molecule has 2 rings (SSSR count). The van der Waals surface area contributed by atoms with Crippen LogP contribution in [0.4, 0.5) is 0 Å². The first-order valence-electron chi connectivity index (χ1n) is 7.47. The number of hydrogen-bond donors (Lipinski definition) is 1. The number of hydrogen-bond acceptors (Lipinski definition) is 2. The fourth-order valence-electron chi connectivity index (χ4n) is 3.26. The van der Waals surface area contributed by atoms with E-state index in [4.69, 9.17) is 23.2 Å². The van der Waals surface area contributed by atoms with Crippen LogP contribution in [0.2, 0.25) is 10.0 Å². The zero-order valence-electron chi connectivity index (χ0n) is 12.5. The lowest BCUT2D eigenvalue weighted by molar-refractivity contribution is 0.0960. The van der Waals surface area contributed by atoms with Crippen LogP contribution in [0.1, 0.15) is 45.2 Å². The fraction of sp³-hybridized carbons (Fsp3) is 0.625. The topological polar surface area (TPSA) is 15.3 Å². The Kier molecular flexibility index (Phi) is 5.74. The number of nitrogens with zero attached hydrogens (tertiary/aromatic N) is 1. The molecule has 1 aliphatic heterocycles. The van der Waals surface area contributed by atoms with Crippen LogP contribution in [0.3, 0.4) is 0 Å². The summed E-state index contributed by atoms with van der Waals surface area (Å²) in [4.78, 5) is 2.54. The van der Waals surface area contributed by atoms with Crippen molar-refractivity contribution in [2.45, 2.75) is 51.7 Å². The SMILES string of the molecule is CCNC1CCN(C(C)c2ccc(Cl)cc2Cl)C(C)C1. The van der Waals surface area contributed by atoms with E-state index in [2.05, 4.69) is 37.1 Å². The van der Waals surface area contributed by atoms with E-state index >= 15 is 0 Å². The van der Waals surface area contributed by atoms with E-state index in [1.165, 1.54) is 18.4 Å². The first-order chi connectivity index (χ1) is 9.52. The third kappa shape index (κ3) is 3.67. The quantitative estimate of drug-likeness (QED) is 0.879. The highest BCUT2D eigenvalue weighted by Crippen LogP contribution is 2.33. The van der Waals surface area contributed by atoms with Gasteiger partial charge in [-0.2, -0.15) is 0 Å². The molecule has 1 aromatic carbocycles. The monoisotopic (exact) mass is 314 g/mol. The first-order valence-corrected chi connectivity index (χ1v) is 8.22. The molecule has 112 valence electrons. The van der Waals surface area contributed by atoms with Crippen LogP contribution in [0.25, 0.3) is 0 Å². The van der Waals surface area contributed by atoms with Gasteiger partial charge in [-0.3, -0.25) is 4.90 Å². The van der Waals surface area contributed by atoms with Gasteiger partial charge in [0.25, 0.3) is 0 Å². The average Bonchev–Trinajstić information content (AvgIpc) is 2.38. The normalized spacial score (nSPS) is 25.6. The predicted molar refractivity (Wildman–Crippen MR) is 87.7 cm³/mol. The highest BCUT2D eigenvalue weighted by atomic mass is 35.5. The Morgan fingerprint density at radius 1 is 1.40 bits per heavy atom. The van der Waals surface area contributed by atoms with Crippen LogP contribution < -0.4 is 5.32 Å². The molecule has 0 amide bonds. The van der Waals surface area contributed by atoms with Crippen molar-refractivity contribution in [1.82, 2.24) is 10.2 Å². The number of rotatable bonds is 4. The fourth-order valence-corrected chi connectivity index (χ4v) is 3.83. The van der Waals surface area contributed by atoms with Crippen LogP contribution in [-0.2, 0) is 0 Å². The maximum absolute atomic E-state index is 6.35. The van der Waals surface area contributed by atoms with Crippen LogP contribution in [0.15, 0.2) is 18.2 Å². The lowest BCUT2D eigenvalue weighted by Crippen LogP contribution is -2.48. The van der Waals surface area contributed by atoms with Gasteiger partial charge in [-0.05, 0) is 50.9 Å². The molecule has 20 heavy (non-hydrogen) atoms. The largest absolute Gasteiger partial charge is 0.314 e. The molecule has 1 fully saturated rings. The Morgan fingerprint density at radius 3 is 2.75 bits per heavy atom. The van der Waals surface area contributed by atoms with Gasteiger partial charge < -0.3 is 5.32 Å². The minimum atomic E-state index is 0.331. The minimum Gasteiger partial charge on any atom is -0.314 e. The highest BCUT2D eigenvalue weighted by Gasteiger charge is 2.29. The standard InChI is InChI=1S/C16H24Cl2N2/c1-4-19-14-7-8-20(11(2)9-14)12(3)15-6-5-13(17)10-16(15)18/h5-6,10-12,14,19H,4,7-9H2,1-3H3. The molecule has 0 spiro atoms. The van der Waals surface area contributed by atoms with E-state index in [9.17, 15) is 0 Å². The smallest absolute Gasteiger partial charge is 0.0468 e. The lowest BCUT2D eigenvalue weighted by atomic mass is 9.94. The van der Waals surface area contributed by atoms with Crippen molar-refractivity contribution < 1.29 is 0 Å². The van der Waals surface area contributed by atoms with Crippen LogP contribution in [0, 0.1) is 0 Å². The summed E-state index contributed by atoms with van der Waals surface area (Å²) in [6.07, 6.45) is 2.40. The van der Waals surface area contributed by atoms with E-state index in [-0.39, 0.29) is 0 Å². The molecule has 1 N–H and O–H groups in total. The molecule has 3 atom stereocenters. The Labute approximate surface area is 132 Å². The molecule has 1 heterocycles. The number of halogens is 2. The van der Waals surface area contributed by atoms with E-state index in [0.29, 0.717) is 23.1 Å². The second kappa shape index (κ2) is 7.13. The third-order valence-corrected chi connectivity index (χ3v) is 4.89. The Balaban J connectivity index is 2.07. The van der Waals surface area contributed by atoms with Gasteiger partial charge in [0.2, 0.25) is 0 Å². The van der Waals surface area contributed by atoms with Gasteiger partial charge in [0, 0.05) is 34.7 Å². The molecule has 2 nitrogen and oxygen atoms in total. The molecule has 0 aliphatic carbocycles. The second-order valence-corrected chi connectivity index (χ2v) is 6.55. The maximum Gasteiger partial charge on any atom is 0.0468 e. The maximum atomic E-state index is 6.35. The van der Waals surface area contributed by atoms with Crippen molar-refractivity contribution >= 4 is 23.2 Å². The summed E-state index contributed by atoms with van der Waals surface area (Å²) in [5, 5.41) is 5.03. The number of nitrogens with one attached hydrogen (secondary N) is 1. The van der Waals surface area contributed by atoms with Crippen LogP contribution in [0.5, 0.6) is 0 Å². The molecule has 4 heteroatoms. The number of likely N-dealkylation sites (tertiary alicyclic amines) is 1. The highest BCUT2D eigenvalue weighted by molar-refractivity contribution is 6.35. The Bertz CT molecular complexity index is 450. The summed E-state index contributed by atoms with van der Waals surface area (Å²) in [6, 6.07) is 7.37. The van der Waals surface area contributed by atoms with Crippen molar-refractivity contribution in [3.8, 4) is 0 Å². The van der Waals surface area contributed by atoms with Crippen LogP contribution >= 0.6 is 23.2 Å². The molecule has 0 radical (unpaired) electrons. The summed E-state index contributed by atoms with van der Waals surface area (Å²) in [6.45, 7) is 8.88. The van der Waals surface area contributed by atoms with Crippen molar-refractivity contribution in [2.75, 3.05) is 13.1 Å². The molecule has 1 aromatic rings. The van der Waals surface area contributed by atoms with Gasteiger partial charge in [-0.1, -0.05) is 36.2 Å². The van der Waals surface area contributed by atoms with Gasteiger partial charge in [0.05, 0.1) is 0 Å². The van der Waals surface area contributed by atoms with E-state index in [1.54, 1.807) is 0 Å². The van der Waals surface area contributed by atoms with E-state index < -0.39 is 0 Å². The Hall–Kier alpha value is -0.280. The van der Waals surface area contributed by atoms with Crippen molar-refractivity contribution in [3.05, 3.63) is 33.8 Å². The van der Waals surface area contributed by atoms with Gasteiger partial charge in [-0.25, -0.2) is 0 Å². The molecule has 1 aliphatic rings. The van der Waals surface area contributed by atoms with E-state index in [0.717, 1.165) is 18.1 Å². The number of benzene rings is 1. The molecular formula is C16H24Cl2N2. The predicted octanol–water partition coefficient (Wildman–Crippen LogP) is 4.52. The molecular weight excluding hydrogens is 291 g/mol. The van der Waals surface area contributed by atoms with E-state index in [1.807, 2.05) is 12.1 Å². The summed E-state index contributed by atoms with van der Waals surface area (Å²) >= 11 is 12.3. The van der Waals surface area contributed by atoms with Crippen molar-refractivity contribution in [2.24, 2.45) is 0 Å².